The summed E-state index contributed by atoms with van der Waals surface area (Å²) in [6.07, 6.45) is 1.94. The lowest BCUT2D eigenvalue weighted by atomic mass is 10.1. The molecule has 0 bridgehead atoms. The Morgan fingerprint density at radius 2 is 2.05 bits per heavy atom. The number of hydrogen-bond donors (Lipinski definition) is 2. The van der Waals surface area contributed by atoms with Crippen LogP contribution >= 0.6 is 0 Å². The van der Waals surface area contributed by atoms with Gasteiger partial charge in [-0.3, -0.25) is 0 Å². The highest BCUT2D eigenvalue weighted by molar-refractivity contribution is 5.48. The summed E-state index contributed by atoms with van der Waals surface area (Å²) in [5, 5.41) is 13.5. The standard InChI is InChI=1S/C17H17NO3/c19-15-5-2-4-12-13(15)7-8-14(12)18-9-11-3-1-6-16-17(11)21-10-20-16/h1-6,14,18-19H,7-10H2. The fourth-order valence-electron chi connectivity index (χ4n) is 3.21. The highest BCUT2D eigenvalue weighted by Gasteiger charge is 2.25. The molecule has 1 heterocycles. The Hall–Kier alpha value is -2.20. The molecule has 4 heteroatoms. The van der Waals surface area contributed by atoms with E-state index < -0.39 is 0 Å². The minimum atomic E-state index is 0.283. The van der Waals surface area contributed by atoms with Gasteiger partial charge in [-0.1, -0.05) is 24.3 Å². The van der Waals surface area contributed by atoms with Crippen LogP contribution < -0.4 is 14.8 Å². The second-order valence-corrected chi connectivity index (χ2v) is 5.47. The first kappa shape index (κ1) is 12.5. The minimum Gasteiger partial charge on any atom is -0.508 e. The molecule has 4 rings (SSSR count). The Kier molecular flexibility index (Phi) is 2.97. The molecule has 0 aromatic heterocycles. The number of phenolic OH excluding ortho intramolecular Hbond substituents is 1. The van der Waals surface area contributed by atoms with Gasteiger partial charge >= 0.3 is 0 Å². The molecule has 2 aliphatic rings. The molecular weight excluding hydrogens is 266 g/mol. The molecule has 1 aliphatic heterocycles. The van der Waals surface area contributed by atoms with Crippen molar-refractivity contribution < 1.29 is 14.6 Å². The molecule has 0 fully saturated rings. The Bertz CT molecular complexity index is 684. The molecule has 0 amide bonds. The summed E-state index contributed by atoms with van der Waals surface area (Å²) in [7, 11) is 0. The number of para-hydroxylation sites is 1. The van der Waals surface area contributed by atoms with Crippen LogP contribution in [0, 0.1) is 0 Å². The van der Waals surface area contributed by atoms with Gasteiger partial charge in [-0.25, -0.2) is 0 Å². The molecule has 0 saturated carbocycles. The second-order valence-electron chi connectivity index (χ2n) is 5.47. The smallest absolute Gasteiger partial charge is 0.231 e. The van der Waals surface area contributed by atoms with E-state index in [1.165, 1.54) is 5.56 Å². The van der Waals surface area contributed by atoms with Gasteiger partial charge in [0.2, 0.25) is 6.79 Å². The Morgan fingerprint density at radius 3 is 3.00 bits per heavy atom. The van der Waals surface area contributed by atoms with Gasteiger partial charge in [0.25, 0.3) is 0 Å². The number of aromatic hydroxyl groups is 1. The minimum absolute atomic E-state index is 0.283. The topological polar surface area (TPSA) is 50.7 Å². The van der Waals surface area contributed by atoms with E-state index in [4.69, 9.17) is 9.47 Å². The average Bonchev–Trinajstić information content (AvgIpc) is 3.12. The summed E-state index contributed by atoms with van der Waals surface area (Å²) in [6, 6.07) is 12.0. The number of hydrogen-bond acceptors (Lipinski definition) is 4. The summed E-state index contributed by atoms with van der Waals surface area (Å²) in [5.41, 5.74) is 3.39. The predicted octanol–water partition coefficient (Wildman–Crippen LogP) is 2.90. The number of fused-ring (bicyclic) bond motifs is 2. The van der Waals surface area contributed by atoms with Gasteiger partial charge < -0.3 is 19.9 Å². The number of ether oxygens (including phenoxy) is 2. The summed E-state index contributed by atoms with van der Waals surface area (Å²) >= 11 is 0. The van der Waals surface area contributed by atoms with Crippen molar-refractivity contribution in [3.8, 4) is 17.2 Å². The first-order valence-corrected chi connectivity index (χ1v) is 7.24. The van der Waals surface area contributed by atoms with Crippen LogP contribution in [-0.2, 0) is 13.0 Å². The third-order valence-electron chi connectivity index (χ3n) is 4.26. The lowest BCUT2D eigenvalue weighted by Crippen LogP contribution is -2.18. The van der Waals surface area contributed by atoms with Crippen LogP contribution in [0.3, 0.4) is 0 Å². The van der Waals surface area contributed by atoms with Gasteiger partial charge in [0.1, 0.15) is 5.75 Å². The van der Waals surface area contributed by atoms with Crippen LogP contribution in [0.25, 0.3) is 0 Å². The maximum atomic E-state index is 9.90. The fourth-order valence-corrected chi connectivity index (χ4v) is 3.21. The summed E-state index contributed by atoms with van der Waals surface area (Å²) in [6.45, 7) is 1.03. The average molecular weight is 283 g/mol. The van der Waals surface area contributed by atoms with Crippen molar-refractivity contribution in [2.45, 2.75) is 25.4 Å². The van der Waals surface area contributed by atoms with Gasteiger partial charge in [0.15, 0.2) is 11.5 Å². The molecule has 4 nitrogen and oxygen atoms in total. The van der Waals surface area contributed by atoms with Crippen LogP contribution in [0.4, 0.5) is 0 Å². The number of phenols is 1. The summed E-state index contributed by atoms with van der Waals surface area (Å²) in [5.74, 6) is 2.08. The zero-order valence-electron chi connectivity index (χ0n) is 11.6. The van der Waals surface area contributed by atoms with Crippen molar-refractivity contribution in [3.63, 3.8) is 0 Å². The summed E-state index contributed by atoms with van der Waals surface area (Å²) < 4.78 is 10.9. The van der Waals surface area contributed by atoms with E-state index in [1.54, 1.807) is 6.07 Å². The Labute approximate surface area is 123 Å². The predicted molar refractivity (Wildman–Crippen MR) is 78.6 cm³/mol. The van der Waals surface area contributed by atoms with E-state index in [0.29, 0.717) is 12.5 Å². The maximum absolute atomic E-state index is 9.90. The molecule has 108 valence electrons. The van der Waals surface area contributed by atoms with E-state index in [-0.39, 0.29) is 6.04 Å². The van der Waals surface area contributed by atoms with Crippen LogP contribution in [0.5, 0.6) is 17.2 Å². The van der Waals surface area contributed by atoms with Crippen molar-refractivity contribution >= 4 is 0 Å². The third-order valence-corrected chi connectivity index (χ3v) is 4.26. The number of nitrogens with one attached hydrogen (secondary N) is 1. The third kappa shape index (κ3) is 2.12. The van der Waals surface area contributed by atoms with Crippen molar-refractivity contribution in [1.29, 1.82) is 0 Å². The largest absolute Gasteiger partial charge is 0.508 e. The number of benzene rings is 2. The Balaban J connectivity index is 1.52. The maximum Gasteiger partial charge on any atom is 0.231 e. The van der Waals surface area contributed by atoms with E-state index in [0.717, 1.165) is 42.0 Å². The van der Waals surface area contributed by atoms with Crippen LogP contribution in [0.15, 0.2) is 36.4 Å². The van der Waals surface area contributed by atoms with Crippen LogP contribution in [0.2, 0.25) is 0 Å². The second kappa shape index (κ2) is 4.97. The highest BCUT2D eigenvalue weighted by Crippen LogP contribution is 2.38. The van der Waals surface area contributed by atoms with E-state index in [2.05, 4.69) is 17.4 Å². The molecule has 2 aromatic carbocycles. The van der Waals surface area contributed by atoms with E-state index in [9.17, 15) is 5.11 Å². The zero-order chi connectivity index (χ0) is 14.2. The normalized spacial score (nSPS) is 18.8. The van der Waals surface area contributed by atoms with E-state index in [1.807, 2.05) is 18.2 Å². The van der Waals surface area contributed by atoms with Crippen molar-refractivity contribution in [3.05, 3.63) is 53.1 Å². The molecule has 0 radical (unpaired) electrons. The lowest BCUT2D eigenvalue weighted by molar-refractivity contribution is 0.173. The molecule has 1 atom stereocenters. The molecule has 21 heavy (non-hydrogen) atoms. The first-order valence-electron chi connectivity index (χ1n) is 7.24. The first-order chi connectivity index (χ1) is 10.3. The van der Waals surface area contributed by atoms with Gasteiger partial charge in [-0.2, -0.15) is 0 Å². The lowest BCUT2D eigenvalue weighted by Gasteiger charge is -2.15. The SMILES string of the molecule is Oc1cccc2c1CCC2NCc1cccc2c1OCO2. The van der Waals surface area contributed by atoms with Crippen molar-refractivity contribution in [2.75, 3.05) is 6.79 Å². The highest BCUT2D eigenvalue weighted by atomic mass is 16.7. The van der Waals surface area contributed by atoms with Gasteiger partial charge in [-0.15, -0.1) is 0 Å². The van der Waals surface area contributed by atoms with Gasteiger partial charge in [0.05, 0.1) is 0 Å². The molecule has 1 aliphatic carbocycles. The molecule has 0 saturated heterocycles. The molecule has 1 unspecified atom stereocenters. The fraction of sp³-hybridized carbons (Fsp3) is 0.294. The number of rotatable bonds is 3. The van der Waals surface area contributed by atoms with Gasteiger partial charge in [0, 0.05) is 18.2 Å². The van der Waals surface area contributed by atoms with Crippen molar-refractivity contribution in [1.82, 2.24) is 5.32 Å². The van der Waals surface area contributed by atoms with Crippen molar-refractivity contribution in [2.24, 2.45) is 0 Å². The molecular formula is C17H17NO3. The van der Waals surface area contributed by atoms with Gasteiger partial charge in [-0.05, 0) is 36.1 Å². The quantitative estimate of drug-likeness (QED) is 0.909. The molecule has 2 aromatic rings. The van der Waals surface area contributed by atoms with Crippen LogP contribution in [0.1, 0.15) is 29.2 Å². The van der Waals surface area contributed by atoms with Crippen LogP contribution in [-0.4, -0.2) is 11.9 Å². The molecule has 0 spiro atoms. The molecule has 2 N–H and O–H groups in total. The summed E-state index contributed by atoms with van der Waals surface area (Å²) in [4.78, 5) is 0. The van der Waals surface area contributed by atoms with E-state index >= 15 is 0 Å². The monoisotopic (exact) mass is 283 g/mol. The Morgan fingerprint density at radius 1 is 1.14 bits per heavy atom. The zero-order valence-corrected chi connectivity index (χ0v) is 11.6.